The van der Waals surface area contributed by atoms with Gasteiger partial charge < -0.3 is 0 Å². The number of ketones is 1. The molecular weight excluding hydrogens is 285 g/mol. The quantitative estimate of drug-likeness (QED) is 0.504. The van der Waals surface area contributed by atoms with Crippen molar-refractivity contribution < 1.29 is 4.79 Å². The topological polar surface area (TPSA) is 43.1 Å². The molecule has 2 nitrogen and oxygen atoms in total. The summed E-state index contributed by atoms with van der Waals surface area (Å²) < 4.78 is 1.05. The molecule has 0 saturated carbocycles. The van der Waals surface area contributed by atoms with Crippen LogP contribution in [0.2, 0.25) is 0 Å². The molecule has 0 saturated heterocycles. The van der Waals surface area contributed by atoms with Crippen molar-refractivity contribution in [1.29, 1.82) is 0 Å². The van der Waals surface area contributed by atoms with Gasteiger partial charge in [0.05, 0.1) is 0 Å². The number of carbonyl (C=O) groups is 1. The van der Waals surface area contributed by atoms with Crippen LogP contribution in [-0.4, -0.2) is 18.9 Å². The molecule has 0 spiro atoms. The number of halogens is 1. The summed E-state index contributed by atoms with van der Waals surface area (Å²) in [5, 5.41) is 0. The van der Waals surface area contributed by atoms with Gasteiger partial charge in [-0.05, 0) is 0 Å². The number of rotatable bonds is 2. The molecule has 0 amide bonds. The van der Waals surface area contributed by atoms with Crippen LogP contribution >= 0.6 is 14.1 Å². The van der Waals surface area contributed by atoms with E-state index in [1.807, 2.05) is 12.1 Å². The van der Waals surface area contributed by atoms with Gasteiger partial charge in [0.1, 0.15) is 0 Å². The summed E-state index contributed by atoms with van der Waals surface area (Å²) in [6, 6.07) is 5.42. The molecule has 0 aromatic heterocycles. The number of Topliss-reactive ketones (excluding diaryl/α,β-unsaturated/α-hetero) is 1. The number of nitrogen functional groups attached to an aromatic ring is 1. The van der Waals surface area contributed by atoms with E-state index < -0.39 is 0 Å². The molecule has 0 aliphatic carbocycles. The van der Waals surface area contributed by atoms with E-state index in [0.717, 1.165) is 10.0 Å². The summed E-state index contributed by atoms with van der Waals surface area (Å²) in [7, 11) is 0. The van der Waals surface area contributed by atoms with Gasteiger partial charge in [0.25, 0.3) is 0 Å². The minimum atomic E-state index is 0.0682. The van der Waals surface area contributed by atoms with Gasteiger partial charge in [0, 0.05) is 0 Å². The van der Waals surface area contributed by atoms with E-state index in [2.05, 4.69) is 14.1 Å². The van der Waals surface area contributed by atoms with Gasteiger partial charge in [0.2, 0.25) is 0 Å². The van der Waals surface area contributed by atoms with Crippen LogP contribution in [0, 0.1) is 0 Å². The maximum atomic E-state index is 11.1. The van der Waals surface area contributed by atoms with E-state index in [-0.39, 0.29) is 18.9 Å². The van der Waals surface area contributed by atoms with Crippen LogP contribution in [0.25, 0.3) is 0 Å². The van der Waals surface area contributed by atoms with Crippen molar-refractivity contribution in [3.05, 3.63) is 23.8 Å². The Balaban J connectivity index is 3.21. The fourth-order valence-corrected chi connectivity index (χ4v) is 3.21. The van der Waals surface area contributed by atoms with Crippen LogP contribution < -0.4 is 10.2 Å². The Bertz CT molecular complexity index is 314. The maximum absolute atomic E-state index is 11.1. The number of benzene rings is 1. The summed E-state index contributed by atoms with van der Waals surface area (Å²) in [6.07, 6.45) is 0. The van der Waals surface area contributed by atoms with Crippen molar-refractivity contribution >= 4 is 43.2 Å². The van der Waals surface area contributed by atoms with Crippen molar-refractivity contribution in [2.24, 2.45) is 0 Å². The predicted octanol–water partition coefficient (Wildman–Crippen LogP) is 1.11. The second kappa shape index (κ2) is 4.08. The van der Waals surface area contributed by atoms with Crippen molar-refractivity contribution in [3.8, 4) is 0 Å². The fraction of sp³-hybridized carbons (Fsp3) is 0.125. The molecule has 0 bridgehead atoms. The number of hydrogen-bond acceptors (Lipinski definition) is 2. The SMILES string of the molecule is CC(=O)c1cc(N)ccc1[Se]Br. The van der Waals surface area contributed by atoms with Gasteiger partial charge in [-0.15, -0.1) is 0 Å². The molecule has 12 heavy (non-hydrogen) atoms. The van der Waals surface area contributed by atoms with Crippen LogP contribution in [0.4, 0.5) is 5.69 Å². The number of anilines is 1. The molecular formula is C8H8BrNOSe. The van der Waals surface area contributed by atoms with Gasteiger partial charge in [-0.1, -0.05) is 0 Å². The van der Waals surface area contributed by atoms with Gasteiger partial charge in [0.15, 0.2) is 0 Å². The van der Waals surface area contributed by atoms with Gasteiger partial charge in [-0.2, -0.15) is 0 Å². The Hall–Kier alpha value is -0.311. The van der Waals surface area contributed by atoms with Crippen LogP contribution in [-0.2, 0) is 0 Å². The van der Waals surface area contributed by atoms with Gasteiger partial charge in [-0.25, -0.2) is 0 Å². The van der Waals surface area contributed by atoms with Crippen LogP contribution in [0.3, 0.4) is 0 Å². The third-order valence-electron chi connectivity index (χ3n) is 1.47. The molecule has 1 aromatic rings. The molecule has 0 radical (unpaired) electrons. The van der Waals surface area contributed by atoms with E-state index in [1.165, 1.54) is 0 Å². The van der Waals surface area contributed by atoms with Gasteiger partial charge >= 0.3 is 84.4 Å². The van der Waals surface area contributed by atoms with E-state index in [9.17, 15) is 4.79 Å². The third-order valence-corrected chi connectivity index (χ3v) is 4.37. The molecule has 0 unspecified atom stereocenters. The molecule has 64 valence electrons. The zero-order valence-electron chi connectivity index (χ0n) is 6.50. The van der Waals surface area contributed by atoms with Crippen LogP contribution in [0.15, 0.2) is 18.2 Å². The number of hydrogen-bond donors (Lipinski definition) is 1. The average molecular weight is 293 g/mol. The zero-order chi connectivity index (χ0) is 9.14. The standard InChI is InChI=1S/C8H8BrNOSe/c1-5(11)7-4-6(10)2-3-8(7)12-9/h2-4H,10H2,1H3. The Morgan fingerprint density at radius 3 is 2.75 bits per heavy atom. The molecule has 0 atom stereocenters. The van der Waals surface area contributed by atoms with Crippen molar-refractivity contribution in [2.75, 3.05) is 5.73 Å². The van der Waals surface area contributed by atoms with E-state index in [4.69, 9.17) is 5.73 Å². The monoisotopic (exact) mass is 293 g/mol. The summed E-state index contributed by atoms with van der Waals surface area (Å²) >= 11 is 3.54. The van der Waals surface area contributed by atoms with E-state index in [1.54, 1.807) is 13.0 Å². The second-order valence-electron chi connectivity index (χ2n) is 2.39. The molecule has 0 aliphatic heterocycles. The van der Waals surface area contributed by atoms with Crippen LogP contribution in [0.5, 0.6) is 0 Å². The Labute approximate surface area is 84.4 Å². The van der Waals surface area contributed by atoms with Crippen molar-refractivity contribution in [1.82, 2.24) is 0 Å². The predicted molar refractivity (Wildman–Crippen MR) is 55.2 cm³/mol. The van der Waals surface area contributed by atoms with E-state index in [0.29, 0.717) is 5.69 Å². The number of nitrogens with two attached hydrogens (primary N) is 1. The fourth-order valence-electron chi connectivity index (χ4n) is 0.890. The third kappa shape index (κ3) is 2.09. The first-order valence-corrected chi connectivity index (χ1v) is 8.21. The van der Waals surface area contributed by atoms with Crippen molar-refractivity contribution in [3.63, 3.8) is 0 Å². The zero-order valence-corrected chi connectivity index (χ0v) is 9.80. The Morgan fingerprint density at radius 2 is 2.25 bits per heavy atom. The first-order valence-electron chi connectivity index (χ1n) is 3.34. The second-order valence-corrected chi connectivity index (χ2v) is 5.32. The molecule has 1 aromatic carbocycles. The molecule has 0 aliphatic rings. The molecule has 1 rings (SSSR count). The summed E-state index contributed by atoms with van der Waals surface area (Å²) in [4.78, 5) is 11.1. The van der Waals surface area contributed by atoms with E-state index >= 15 is 0 Å². The summed E-state index contributed by atoms with van der Waals surface area (Å²) in [6.45, 7) is 1.55. The molecule has 2 N–H and O–H groups in total. The van der Waals surface area contributed by atoms with Crippen molar-refractivity contribution in [2.45, 2.75) is 6.92 Å². The van der Waals surface area contributed by atoms with Gasteiger partial charge in [-0.3, -0.25) is 0 Å². The Kier molecular flexibility index (Phi) is 3.32. The first kappa shape index (κ1) is 9.78. The Morgan fingerprint density at radius 1 is 1.58 bits per heavy atom. The average Bonchev–Trinajstić information content (AvgIpc) is 2.04. The molecule has 0 heterocycles. The number of carbonyl (C=O) groups excluding carboxylic acids is 1. The summed E-state index contributed by atoms with van der Waals surface area (Å²) in [5.74, 6) is 0.0682. The van der Waals surface area contributed by atoms with Crippen LogP contribution in [0.1, 0.15) is 17.3 Å². The molecule has 4 heteroatoms. The molecule has 0 fully saturated rings. The minimum absolute atomic E-state index is 0.0682. The normalized spacial score (nSPS) is 9.83. The first-order chi connectivity index (χ1) is 5.65. The summed E-state index contributed by atoms with van der Waals surface area (Å²) in [5.41, 5.74) is 6.93.